The van der Waals surface area contributed by atoms with Crippen LogP contribution in [-0.4, -0.2) is 52.3 Å². The number of carbonyl (C=O) groups excluding carboxylic acids is 2. The number of imide groups is 1. The van der Waals surface area contributed by atoms with Gasteiger partial charge in [-0.15, -0.1) is 0 Å². The van der Waals surface area contributed by atoms with E-state index in [4.69, 9.17) is 0 Å². The van der Waals surface area contributed by atoms with Gasteiger partial charge in [0, 0.05) is 32.0 Å². The summed E-state index contributed by atoms with van der Waals surface area (Å²) in [6.07, 6.45) is -1.19. The maximum Gasteiger partial charge on any atom is 0.395 e. The van der Waals surface area contributed by atoms with Crippen molar-refractivity contribution >= 4 is 23.3 Å². The van der Waals surface area contributed by atoms with Gasteiger partial charge in [0.05, 0.1) is 23.2 Å². The molecule has 0 spiro atoms. The number of halogens is 3. The van der Waals surface area contributed by atoms with Gasteiger partial charge in [-0.1, -0.05) is 0 Å². The third-order valence-corrected chi connectivity index (χ3v) is 4.42. The molecular weight excluding hydrogens is 341 g/mol. The number of nitrogens with zero attached hydrogens (tertiary/aromatic N) is 4. The standard InChI is InChI=1S/C14H13F3N6O2/c15-14(16,17)7-5-22(6-7)10-3-9(21-23-2-1-18-11(10)23)8-4-19-13(25)20-12(8)24/h1-3,7-8H,4-6H2,(H2,19,20,24,25). The number of urea groups is 1. The number of hydrogen-bond donors (Lipinski definition) is 2. The van der Waals surface area contributed by atoms with Crippen LogP contribution in [0.3, 0.4) is 0 Å². The molecule has 0 saturated carbocycles. The second kappa shape index (κ2) is 5.33. The monoisotopic (exact) mass is 354 g/mol. The van der Waals surface area contributed by atoms with Crippen molar-refractivity contribution in [2.24, 2.45) is 5.92 Å². The summed E-state index contributed by atoms with van der Waals surface area (Å²) >= 11 is 0. The lowest BCUT2D eigenvalue weighted by Gasteiger charge is -2.41. The molecule has 0 bridgehead atoms. The predicted molar refractivity (Wildman–Crippen MR) is 79.0 cm³/mol. The molecule has 25 heavy (non-hydrogen) atoms. The minimum absolute atomic E-state index is 0.0719. The highest BCUT2D eigenvalue weighted by Crippen LogP contribution is 2.37. The van der Waals surface area contributed by atoms with Gasteiger partial charge in [-0.05, 0) is 6.07 Å². The highest BCUT2D eigenvalue weighted by molar-refractivity contribution is 6.00. The number of fused-ring (bicyclic) bond motifs is 1. The molecule has 1 atom stereocenters. The van der Waals surface area contributed by atoms with Gasteiger partial charge in [0.2, 0.25) is 5.91 Å². The summed E-state index contributed by atoms with van der Waals surface area (Å²) in [5.74, 6) is -2.60. The highest BCUT2D eigenvalue weighted by Gasteiger charge is 2.47. The molecule has 2 aromatic heterocycles. The third kappa shape index (κ3) is 2.65. The van der Waals surface area contributed by atoms with Gasteiger partial charge in [0.25, 0.3) is 0 Å². The van der Waals surface area contributed by atoms with Gasteiger partial charge in [0.15, 0.2) is 5.65 Å². The Balaban J connectivity index is 1.67. The molecule has 2 saturated heterocycles. The zero-order chi connectivity index (χ0) is 17.8. The fraction of sp³-hybridized carbons (Fsp3) is 0.429. The van der Waals surface area contributed by atoms with Crippen LogP contribution in [0.4, 0.5) is 23.7 Å². The van der Waals surface area contributed by atoms with Crippen molar-refractivity contribution in [2.75, 3.05) is 24.5 Å². The molecule has 11 heteroatoms. The molecule has 2 aromatic rings. The van der Waals surface area contributed by atoms with Gasteiger partial charge in [-0.25, -0.2) is 14.3 Å². The van der Waals surface area contributed by atoms with Gasteiger partial charge in [0.1, 0.15) is 0 Å². The lowest BCUT2D eigenvalue weighted by Crippen LogP contribution is -2.54. The molecule has 132 valence electrons. The van der Waals surface area contributed by atoms with Gasteiger partial charge in [-0.2, -0.15) is 18.3 Å². The van der Waals surface area contributed by atoms with Crippen molar-refractivity contribution in [3.8, 4) is 0 Å². The number of amides is 3. The summed E-state index contributed by atoms with van der Waals surface area (Å²) in [5, 5.41) is 8.96. The molecule has 2 fully saturated rings. The zero-order valence-electron chi connectivity index (χ0n) is 12.7. The quantitative estimate of drug-likeness (QED) is 0.826. The van der Waals surface area contributed by atoms with Crippen molar-refractivity contribution in [3.63, 3.8) is 0 Å². The molecule has 0 radical (unpaired) electrons. The van der Waals surface area contributed by atoms with Crippen molar-refractivity contribution in [2.45, 2.75) is 12.1 Å². The molecule has 0 aromatic carbocycles. The van der Waals surface area contributed by atoms with E-state index < -0.39 is 30.0 Å². The molecule has 3 amide bonds. The van der Waals surface area contributed by atoms with Gasteiger partial charge >= 0.3 is 12.2 Å². The van der Waals surface area contributed by atoms with E-state index in [2.05, 4.69) is 20.7 Å². The molecular formula is C14H13F3N6O2. The van der Waals surface area contributed by atoms with Crippen molar-refractivity contribution in [1.82, 2.24) is 25.2 Å². The van der Waals surface area contributed by atoms with Crippen LogP contribution >= 0.6 is 0 Å². The fourth-order valence-corrected chi connectivity index (χ4v) is 2.97. The first-order valence-corrected chi connectivity index (χ1v) is 7.57. The van der Waals surface area contributed by atoms with E-state index in [0.29, 0.717) is 17.0 Å². The zero-order valence-corrected chi connectivity index (χ0v) is 12.7. The fourth-order valence-electron chi connectivity index (χ4n) is 2.97. The van der Waals surface area contributed by atoms with Crippen LogP contribution in [0, 0.1) is 5.92 Å². The Morgan fingerprint density at radius 1 is 1.24 bits per heavy atom. The highest BCUT2D eigenvalue weighted by atomic mass is 19.4. The molecule has 4 rings (SSSR count). The van der Waals surface area contributed by atoms with E-state index in [-0.39, 0.29) is 19.6 Å². The number of imidazole rings is 1. The number of alkyl halides is 3. The lowest BCUT2D eigenvalue weighted by atomic mass is 9.97. The van der Waals surface area contributed by atoms with Crippen LogP contribution in [0.15, 0.2) is 18.5 Å². The van der Waals surface area contributed by atoms with E-state index in [9.17, 15) is 22.8 Å². The number of hydrogen-bond acceptors (Lipinski definition) is 5. The average Bonchev–Trinajstić information content (AvgIpc) is 2.92. The van der Waals surface area contributed by atoms with Crippen LogP contribution in [0.1, 0.15) is 11.6 Å². The number of aromatic nitrogens is 3. The molecule has 8 nitrogen and oxygen atoms in total. The first kappa shape index (κ1) is 15.7. The number of carbonyl (C=O) groups is 2. The van der Waals surface area contributed by atoms with Crippen molar-refractivity contribution in [1.29, 1.82) is 0 Å². The summed E-state index contributed by atoms with van der Waals surface area (Å²) < 4.78 is 39.7. The lowest BCUT2D eigenvalue weighted by molar-refractivity contribution is -0.180. The number of rotatable bonds is 2. The van der Waals surface area contributed by atoms with Crippen LogP contribution < -0.4 is 15.5 Å². The van der Waals surface area contributed by atoms with Crippen molar-refractivity contribution in [3.05, 3.63) is 24.2 Å². The summed E-state index contributed by atoms with van der Waals surface area (Å²) in [7, 11) is 0. The number of nitrogens with one attached hydrogen (secondary N) is 2. The largest absolute Gasteiger partial charge is 0.395 e. The Morgan fingerprint density at radius 2 is 2.00 bits per heavy atom. The van der Waals surface area contributed by atoms with Crippen LogP contribution in [-0.2, 0) is 4.79 Å². The van der Waals surface area contributed by atoms with Crippen LogP contribution in [0.5, 0.6) is 0 Å². The minimum Gasteiger partial charge on any atom is -0.367 e. The average molecular weight is 354 g/mol. The molecule has 1 unspecified atom stereocenters. The molecule has 2 N–H and O–H groups in total. The smallest absolute Gasteiger partial charge is 0.367 e. The molecule has 0 aliphatic carbocycles. The summed E-state index contributed by atoms with van der Waals surface area (Å²) in [5.41, 5.74) is 1.26. The van der Waals surface area contributed by atoms with E-state index in [1.54, 1.807) is 17.2 Å². The summed E-state index contributed by atoms with van der Waals surface area (Å²) in [4.78, 5) is 28.9. The SMILES string of the molecule is O=C1NCC(c2cc(N3CC(C(F)(F)F)C3)c3nccn3n2)C(=O)N1. The van der Waals surface area contributed by atoms with E-state index in [1.165, 1.54) is 10.7 Å². The minimum atomic E-state index is -4.23. The Morgan fingerprint density at radius 3 is 2.68 bits per heavy atom. The van der Waals surface area contributed by atoms with Crippen LogP contribution in [0.25, 0.3) is 5.65 Å². The Hall–Kier alpha value is -2.85. The number of anilines is 1. The molecule has 2 aliphatic heterocycles. The maximum absolute atomic E-state index is 12.7. The first-order valence-electron chi connectivity index (χ1n) is 7.57. The van der Waals surface area contributed by atoms with E-state index in [1.807, 2.05) is 0 Å². The second-order valence-electron chi connectivity index (χ2n) is 6.05. The Kier molecular flexibility index (Phi) is 3.34. The van der Waals surface area contributed by atoms with Gasteiger partial charge in [-0.3, -0.25) is 10.1 Å². The van der Waals surface area contributed by atoms with E-state index in [0.717, 1.165) is 0 Å². The normalized spacial score (nSPS) is 21.9. The molecule has 2 aliphatic rings. The summed E-state index contributed by atoms with van der Waals surface area (Å²) in [6, 6.07) is 0.984. The first-order chi connectivity index (χ1) is 11.8. The van der Waals surface area contributed by atoms with E-state index >= 15 is 0 Å². The van der Waals surface area contributed by atoms with Crippen molar-refractivity contribution < 1.29 is 22.8 Å². The van der Waals surface area contributed by atoms with Gasteiger partial charge < -0.3 is 10.2 Å². The topological polar surface area (TPSA) is 91.6 Å². The summed E-state index contributed by atoms with van der Waals surface area (Å²) in [6.45, 7) is -0.255. The predicted octanol–water partition coefficient (Wildman–Crippen LogP) is 0.651. The van der Waals surface area contributed by atoms with Crippen LogP contribution in [0.2, 0.25) is 0 Å². The molecule has 4 heterocycles. The third-order valence-electron chi connectivity index (χ3n) is 4.42. The maximum atomic E-state index is 12.7. The second-order valence-corrected chi connectivity index (χ2v) is 6.05. The Labute approximate surface area is 139 Å². The Bertz CT molecular complexity index is 858.